The van der Waals surface area contributed by atoms with Crippen molar-refractivity contribution in [3.63, 3.8) is 0 Å². The first-order chi connectivity index (χ1) is 8.97. The van der Waals surface area contributed by atoms with Gasteiger partial charge in [0, 0.05) is 15.7 Å². The maximum absolute atomic E-state index is 13.6. The van der Waals surface area contributed by atoms with Crippen LogP contribution in [0.15, 0.2) is 45.8 Å². The third-order valence-corrected chi connectivity index (χ3v) is 4.83. The van der Waals surface area contributed by atoms with E-state index >= 15 is 0 Å². The van der Waals surface area contributed by atoms with Crippen LogP contribution in [0.3, 0.4) is 0 Å². The molecule has 0 saturated heterocycles. The van der Waals surface area contributed by atoms with Crippen LogP contribution in [-0.2, 0) is 16.6 Å². The largest absolute Gasteiger partial charge is 0.399 e. The molecule has 2 N–H and O–H groups in total. The Morgan fingerprint density at radius 3 is 2.74 bits per heavy atom. The SMILES string of the molecule is Nc1ccc(Cl)c(S(=O)Cc2cc(Br)ccc2F)c1. The van der Waals surface area contributed by atoms with Gasteiger partial charge in [0.25, 0.3) is 0 Å². The maximum atomic E-state index is 13.6. The Morgan fingerprint density at radius 2 is 2.00 bits per heavy atom. The Kier molecular flexibility index (Phi) is 4.60. The number of hydrogen-bond acceptors (Lipinski definition) is 2. The predicted octanol–water partition coefficient (Wildman–Crippen LogP) is 4.13. The fourth-order valence-corrected chi connectivity index (χ4v) is 3.56. The van der Waals surface area contributed by atoms with E-state index in [1.165, 1.54) is 6.07 Å². The lowest BCUT2D eigenvalue weighted by atomic mass is 10.2. The molecule has 2 nitrogen and oxygen atoms in total. The van der Waals surface area contributed by atoms with E-state index in [1.54, 1.807) is 30.3 Å². The second-order valence-corrected chi connectivity index (χ2v) is 6.66. The van der Waals surface area contributed by atoms with E-state index in [-0.39, 0.29) is 5.75 Å². The summed E-state index contributed by atoms with van der Waals surface area (Å²) in [4.78, 5) is 0.418. The number of halogens is 3. The predicted molar refractivity (Wildman–Crippen MR) is 80.1 cm³/mol. The van der Waals surface area contributed by atoms with Gasteiger partial charge in [0.2, 0.25) is 0 Å². The molecule has 0 aliphatic carbocycles. The van der Waals surface area contributed by atoms with Crippen molar-refractivity contribution in [2.45, 2.75) is 10.6 Å². The lowest BCUT2D eigenvalue weighted by molar-refractivity contribution is 0.615. The highest BCUT2D eigenvalue weighted by Gasteiger charge is 2.13. The van der Waals surface area contributed by atoms with E-state index in [0.717, 1.165) is 4.47 Å². The molecule has 6 heteroatoms. The summed E-state index contributed by atoms with van der Waals surface area (Å²) in [6.07, 6.45) is 0. The first-order valence-corrected chi connectivity index (χ1v) is 7.83. The van der Waals surface area contributed by atoms with E-state index in [1.807, 2.05) is 0 Å². The van der Waals surface area contributed by atoms with Gasteiger partial charge in [-0.3, -0.25) is 4.21 Å². The number of benzene rings is 2. The zero-order valence-corrected chi connectivity index (χ0v) is 12.9. The Balaban J connectivity index is 2.30. The van der Waals surface area contributed by atoms with Crippen LogP contribution in [0.5, 0.6) is 0 Å². The molecular weight excluding hydrogens is 353 g/mol. The molecule has 2 rings (SSSR count). The van der Waals surface area contributed by atoms with Crippen LogP contribution in [0, 0.1) is 5.82 Å². The number of nitrogen functional groups attached to an aromatic ring is 1. The van der Waals surface area contributed by atoms with Crippen LogP contribution >= 0.6 is 27.5 Å². The van der Waals surface area contributed by atoms with Crippen molar-refractivity contribution in [1.29, 1.82) is 0 Å². The molecule has 0 heterocycles. The number of anilines is 1. The van der Waals surface area contributed by atoms with Crippen LogP contribution in [0.25, 0.3) is 0 Å². The molecule has 0 saturated carbocycles. The van der Waals surface area contributed by atoms with Crippen LogP contribution in [0.2, 0.25) is 5.02 Å². The normalized spacial score (nSPS) is 12.4. The molecule has 0 aliphatic rings. The topological polar surface area (TPSA) is 43.1 Å². The van der Waals surface area contributed by atoms with Crippen LogP contribution in [0.4, 0.5) is 10.1 Å². The van der Waals surface area contributed by atoms with Gasteiger partial charge in [-0.05, 0) is 36.4 Å². The molecule has 0 fully saturated rings. The van der Waals surface area contributed by atoms with Crippen LogP contribution in [-0.4, -0.2) is 4.21 Å². The molecular formula is C13H10BrClFNOS. The average molecular weight is 363 g/mol. The van der Waals surface area contributed by atoms with Crippen molar-refractivity contribution in [2.75, 3.05) is 5.73 Å². The monoisotopic (exact) mass is 361 g/mol. The summed E-state index contributed by atoms with van der Waals surface area (Å²) in [6.45, 7) is 0. The van der Waals surface area contributed by atoms with Gasteiger partial charge in [0.15, 0.2) is 0 Å². The van der Waals surface area contributed by atoms with E-state index in [9.17, 15) is 8.60 Å². The Bertz CT molecular complexity index is 651. The summed E-state index contributed by atoms with van der Waals surface area (Å²) in [6, 6.07) is 9.29. The molecule has 2 aromatic rings. The van der Waals surface area contributed by atoms with Crippen molar-refractivity contribution >= 4 is 44.0 Å². The van der Waals surface area contributed by atoms with Crippen molar-refractivity contribution < 1.29 is 8.60 Å². The highest BCUT2D eigenvalue weighted by molar-refractivity contribution is 9.10. The van der Waals surface area contributed by atoms with Gasteiger partial charge < -0.3 is 5.73 Å². The summed E-state index contributed by atoms with van der Waals surface area (Å²) >= 11 is 9.23. The third kappa shape index (κ3) is 3.55. The molecule has 0 aliphatic heterocycles. The van der Waals surface area contributed by atoms with Crippen LogP contribution in [0.1, 0.15) is 5.56 Å². The molecule has 0 radical (unpaired) electrons. The quantitative estimate of drug-likeness (QED) is 0.834. The van der Waals surface area contributed by atoms with E-state index in [4.69, 9.17) is 17.3 Å². The van der Waals surface area contributed by atoms with E-state index in [0.29, 0.717) is 21.2 Å². The standard InChI is InChI=1S/C13H10BrClFNOS/c14-9-1-4-12(16)8(5-9)7-19(18)13-6-10(17)2-3-11(13)15/h1-6H,7,17H2. The van der Waals surface area contributed by atoms with E-state index in [2.05, 4.69) is 15.9 Å². The highest BCUT2D eigenvalue weighted by atomic mass is 79.9. The molecule has 100 valence electrons. The first-order valence-electron chi connectivity index (χ1n) is 5.34. The average Bonchev–Trinajstić information content (AvgIpc) is 2.36. The van der Waals surface area contributed by atoms with Gasteiger partial charge in [-0.2, -0.15) is 0 Å². The Hall–Kier alpha value is -0.910. The van der Waals surface area contributed by atoms with Gasteiger partial charge in [-0.1, -0.05) is 27.5 Å². The van der Waals surface area contributed by atoms with E-state index < -0.39 is 16.6 Å². The summed E-state index contributed by atoms with van der Waals surface area (Å²) in [7, 11) is -1.45. The minimum Gasteiger partial charge on any atom is -0.399 e. The van der Waals surface area contributed by atoms with Gasteiger partial charge >= 0.3 is 0 Å². The minimum atomic E-state index is -1.45. The molecule has 0 bridgehead atoms. The fourth-order valence-electron chi connectivity index (χ4n) is 1.57. The first kappa shape index (κ1) is 14.5. The summed E-state index contributed by atoms with van der Waals surface area (Å²) in [5.41, 5.74) is 6.48. The van der Waals surface area contributed by atoms with Gasteiger partial charge in [-0.15, -0.1) is 0 Å². The zero-order chi connectivity index (χ0) is 14.0. The second kappa shape index (κ2) is 6.03. The molecule has 2 aromatic carbocycles. The summed E-state index contributed by atoms with van der Waals surface area (Å²) < 4.78 is 26.6. The lowest BCUT2D eigenvalue weighted by Crippen LogP contribution is -2.01. The molecule has 0 aromatic heterocycles. The van der Waals surface area contributed by atoms with Crippen molar-refractivity contribution in [2.24, 2.45) is 0 Å². The molecule has 0 amide bonds. The second-order valence-electron chi connectivity index (χ2n) is 3.92. The smallest absolute Gasteiger partial charge is 0.127 e. The lowest BCUT2D eigenvalue weighted by Gasteiger charge is -2.07. The molecule has 1 unspecified atom stereocenters. The fraction of sp³-hybridized carbons (Fsp3) is 0.0769. The molecule has 19 heavy (non-hydrogen) atoms. The Morgan fingerprint density at radius 1 is 1.26 bits per heavy atom. The van der Waals surface area contributed by atoms with Gasteiger partial charge in [-0.25, -0.2) is 4.39 Å². The molecule has 0 spiro atoms. The number of hydrogen-bond donors (Lipinski definition) is 1. The maximum Gasteiger partial charge on any atom is 0.127 e. The van der Waals surface area contributed by atoms with Crippen molar-refractivity contribution in [3.05, 3.63) is 57.3 Å². The highest BCUT2D eigenvalue weighted by Crippen LogP contribution is 2.25. The summed E-state index contributed by atoms with van der Waals surface area (Å²) in [5, 5.41) is 0.364. The Labute approximate surface area is 126 Å². The molecule has 1 atom stereocenters. The van der Waals surface area contributed by atoms with Crippen molar-refractivity contribution in [1.82, 2.24) is 0 Å². The van der Waals surface area contributed by atoms with Gasteiger partial charge in [0.1, 0.15) is 5.82 Å². The van der Waals surface area contributed by atoms with Crippen molar-refractivity contribution in [3.8, 4) is 0 Å². The van der Waals surface area contributed by atoms with Crippen LogP contribution < -0.4 is 5.73 Å². The summed E-state index contributed by atoms with van der Waals surface area (Å²) in [5.74, 6) is -0.342. The number of rotatable bonds is 3. The third-order valence-electron chi connectivity index (χ3n) is 2.49. The minimum absolute atomic E-state index is 0.0500. The van der Waals surface area contributed by atoms with Gasteiger partial charge in [0.05, 0.1) is 26.5 Å². The zero-order valence-electron chi connectivity index (χ0n) is 9.70. The number of nitrogens with two attached hydrogens (primary N) is 1.